The fourth-order valence-electron chi connectivity index (χ4n) is 9.63. The number of amides is 2. The molecule has 2 amide bonds. The van der Waals surface area contributed by atoms with Crippen molar-refractivity contribution in [2.24, 2.45) is 0 Å². The third kappa shape index (κ3) is 37.2. The number of hydrogen-bond acceptors (Lipinski definition) is 26. The van der Waals surface area contributed by atoms with E-state index in [4.69, 9.17) is 56.8 Å². The highest BCUT2D eigenvalue weighted by Gasteiger charge is 2.35. The van der Waals surface area contributed by atoms with E-state index in [1.165, 1.54) is 4.90 Å². The summed E-state index contributed by atoms with van der Waals surface area (Å²) in [5.74, 6) is 0. The number of hydrogen-bond donors (Lipinski definition) is 13. The lowest BCUT2D eigenvalue weighted by Crippen LogP contribution is -2.54. The molecule has 0 aromatic heterocycles. The van der Waals surface area contributed by atoms with Crippen LogP contribution < -0.4 is 10.6 Å². The summed E-state index contributed by atoms with van der Waals surface area (Å²) in [6.45, 7) is 2.75. The van der Waals surface area contributed by atoms with Gasteiger partial charge in [-0.1, -0.05) is 152 Å². The van der Waals surface area contributed by atoms with Crippen LogP contribution in [0, 0.1) is 0 Å². The Balaban J connectivity index is 1.23. The Labute approximate surface area is 591 Å². The van der Waals surface area contributed by atoms with Crippen LogP contribution in [0.4, 0.5) is 9.59 Å². The van der Waals surface area contributed by atoms with Gasteiger partial charge in [-0.3, -0.25) is 4.90 Å². The predicted octanol–water partition coefficient (Wildman–Crippen LogP) is 1.78. The molecule has 101 heavy (non-hydrogen) atoms. The Morgan fingerprint density at radius 2 is 0.614 bits per heavy atom. The quantitative estimate of drug-likeness (QED) is 0.0247. The van der Waals surface area contributed by atoms with Gasteiger partial charge in [0.25, 0.3) is 0 Å². The fourth-order valence-corrected chi connectivity index (χ4v) is 9.63. The zero-order chi connectivity index (χ0) is 73.0. The third-order valence-electron chi connectivity index (χ3n) is 15.2. The molecule has 5 aromatic carbocycles. The van der Waals surface area contributed by atoms with Crippen molar-refractivity contribution in [2.45, 2.75) is 145 Å². The molecule has 0 aliphatic heterocycles. The average Bonchev–Trinajstić information content (AvgIpc) is 0.883. The van der Waals surface area contributed by atoms with Crippen LogP contribution in [0.5, 0.6) is 0 Å². The van der Waals surface area contributed by atoms with Crippen LogP contribution in [0.3, 0.4) is 0 Å². The highest BCUT2D eigenvalue weighted by molar-refractivity contribution is 5.68. The van der Waals surface area contributed by atoms with E-state index in [2.05, 4.69) is 10.6 Å². The minimum Gasteiger partial charge on any atom is -0.447 e. The van der Waals surface area contributed by atoms with Crippen molar-refractivity contribution in [2.75, 3.05) is 119 Å². The van der Waals surface area contributed by atoms with E-state index in [-0.39, 0.29) is 119 Å². The maximum atomic E-state index is 12.8. The highest BCUT2D eigenvalue weighted by Crippen LogP contribution is 2.16. The fraction of sp³-hybridized carbons (Fsp3) is 0.562. The zero-order valence-corrected chi connectivity index (χ0v) is 57.9. The van der Waals surface area contributed by atoms with Crippen molar-refractivity contribution in [1.29, 1.82) is 0 Å². The number of carbonyl (C=O) groups is 2. The lowest BCUT2D eigenvalue weighted by Gasteiger charge is -2.34. The first-order chi connectivity index (χ1) is 48.7. The minimum atomic E-state index is -2.03. The lowest BCUT2D eigenvalue weighted by molar-refractivity contribution is -0.134. The Bertz CT molecular complexity index is 2850. The Morgan fingerprint density at radius 1 is 0.356 bits per heavy atom. The number of aliphatic hydroxyl groups is 11. The van der Waals surface area contributed by atoms with E-state index in [1.807, 2.05) is 152 Å². The van der Waals surface area contributed by atoms with Crippen molar-refractivity contribution >= 4 is 12.2 Å². The molecule has 564 valence electrons. The normalized spacial score (nSPS) is 16.1. The third-order valence-corrected chi connectivity index (χ3v) is 15.2. The molecule has 0 aliphatic carbocycles. The Kier molecular flexibility index (Phi) is 41.8. The Morgan fingerprint density at radius 3 is 0.891 bits per heavy atom. The number of carbonyl (C=O) groups excluding carboxylic acids is 2. The van der Waals surface area contributed by atoms with Gasteiger partial charge in [-0.25, -0.2) is 9.59 Å². The first-order valence-electron chi connectivity index (χ1n) is 33.8. The second-order valence-electron chi connectivity index (χ2n) is 25.2. The number of nitrogens with one attached hydrogen (secondary N) is 2. The molecule has 0 radical (unpaired) electrons. The first-order valence-corrected chi connectivity index (χ1v) is 33.8. The minimum absolute atomic E-state index is 0.0189. The van der Waals surface area contributed by atoms with Crippen LogP contribution in [0.1, 0.15) is 48.6 Å². The van der Waals surface area contributed by atoms with E-state index in [1.54, 1.807) is 20.8 Å². The molecule has 0 bridgehead atoms. The monoisotopic (exact) mass is 1430 g/mol. The summed E-state index contributed by atoms with van der Waals surface area (Å²) in [6.07, 6.45) is -21.4. The van der Waals surface area contributed by atoms with Gasteiger partial charge in [0.15, 0.2) is 0 Å². The van der Waals surface area contributed by atoms with Gasteiger partial charge in [-0.2, -0.15) is 0 Å². The molecule has 28 nitrogen and oxygen atoms in total. The SMILES string of the molecule is CC(C)(C)OC(=O)NCCNC(=O)OCC(COCC(COCC(COCC(COCC(COCC(O)CN(C[C@H](O)[C@@H](O)[C@H](O)[C@H](O)CO)C[C@H](O)[C@@H](O)[C@H](O)[C@H](O)CO)OCc1ccccc1)OCc1ccccc1)OCc1ccccc1)OCc1ccccc1)OCc1ccccc1. The summed E-state index contributed by atoms with van der Waals surface area (Å²) in [5.41, 5.74) is 3.83. The van der Waals surface area contributed by atoms with Gasteiger partial charge in [-0.05, 0) is 48.6 Å². The number of alkyl carbamates (subject to hydrolysis) is 2. The summed E-state index contributed by atoms with van der Waals surface area (Å²) in [6, 6.07) is 47.7. The lowest BCUT2D eigenvalue weighted by atomic mass is 10.0. The van der Waals surface area contributed by atoms with Crippen molar-refractivity contribution in [3.8, 4) is 0 Å². The van der Waals surface area contributed by atoms with Crippen molar-refractivity contribution in [1.82, 2.24) is 15.5 Å². The molecular weight excluding hydrogens is 1320 g/mol. The first kappa shape index (κ1) is 85.4. The van der Waals surface area contributed by atoms with Crippen molar-refractivity contribution < 1.29 is 123 Å². The highest BCUT2D eigenvalue weighted by atomic mass is 16.6. The van der Waals surface area contributed by atoms with Gasteiger partial charge < -0.3 is 124 Å². The van der Waals surface area contributed by atoms with Crippen LogP contribution >= 0.6 is 0 Å². The topological polar surface area (TPSA) is 395 Å². The van der Waals surface area contributed by atoms with Gasteiger partial charge in [0, 0.05) is 32.7 Å². The second kappa shape index (κ2) is 49.4. The molecule has 5 aromatic rings. The van der Waals surface area contributed by atoms with E-state index < -0.39 is 136 Å². The molecule has 0 aliphatic rings. The number of ether oxygens (including phenoxy) is 12. The Hall–Kier alpha value is -6.24. The van der Waals surface area contributed by atoms with E-state index in [9.17, 15) is 65.8 Å². The van der Waals surface area contributed by atoms with Crippen molar-refractivity contribution in [3.05, 3.63) is 179 Å². The maximum Gasteiger partial charge on any atom is 0.407 e. The average molecular weight is 1430 g/mol. The molecule has 13 N–H and O–H groups in total. The molecule has 0 heterocycles. The molecule has 0 saturated carbocycles. The number of benzene rings is 5. The van der Waals surface area contributed by atoms with Gasteiger partial charge in [0.1, 0.15) is 79.4 Å². The van der Waals surface area contributed by atoms with E-state index in [0.29, 0.717) is 0 Å². The molecule has 6 unspecified atom stereocenters. The van der Waals surface area contributed by atoms with Gasteiger partial charge in [0.2, 0.25) is 0 Å². The summed E-state index contributed by atoms with van der Waals surface area (Å²) in [7, 11) is 0. The zero-order valence-electron chi connectivity index (χ0n) is 57.9. The molecule has 5 rings (SSSR count). The predicted molar refractivity (Wildman–Crippen MR) is 367 cm³/mol. The molecule has 0 fully saturated rings. The van der Waals surface area contributed by atoms with E-state index >= 15 is 0 Å². The smallest absolute Gasteiger partial charge is 0.407 e. The van der Waals surface area contributed by atoms with Crippen LogP contribution in [-0.2, 0) is 89.9 Å². The van der Waals surface area contributed by atoms with Crippen LogP contribution in [0.2, 0.25) is 0 Å². The van der Waals surface area contributed by atoms with Crippen LogP contribution in [-0.4, -0.2) is 283 Å². The molecule has 14 atom stereocenters. The van der Waals surface area contributed by atoms with Gasteiger partial charge in [0.05, 0.1) is 131 Å². The molecule has 28 heteroatoms. The number of nitrogens with zero attached hydrogens (tertiary/aromatic N) is 1. The largest absolute Gasteiger partial charge is 0.447 e. The summed E-state index contributed by atoms with van der Waals surface area (Å²) < 4.78 is 73.9. The van der Waals surface area contributed by atoms with E-state index in [0.717, 1.165) is 27.8 Å². The molecule has 0 saturated heterocycles. The van der Waals surface area contributed by atoms with Crippen LogP contribution in [0.25, 0.3) is 0 Å². The van der Waals surface area contributed by atoms with Gasteiger partial charge >= 0.3 is 12.2 Å². The number of aliphatic hydroxyl groups excluding tert-OH is 11. The van der Waals surface area contributed by atoms with Crippen LogP contribution in [0.15, 0.2) is 152 Å². The summed E-state index contributed by atoms with van der Waals surface area (Å²) >= 11 is 0. The van der Waals surface area contributed by atoms with Gasteiger partial charge in [-0.15, -0.1) is 0 Å². The number of rotatable bonds is 54. The summed E-state index contributed by atoms with van der Waals surface area (Å²) in [4.78, 5) is 26.0. The standard InChI is InChI=1S/C73H107N3O25/c1-73(2,3)101-72(89)75-30-29-74-71(88)100-51-62(99-40-56-27-17-8-18-28-56)50-94-49-61(98-39-55-25-15-7-16-26-55)48-93-47-60(97-38-54-23-13-6-14-24-54)46-92-45-59(96-37-53-21-11-5-12-22-53)44-91-43-58(95-36-52-19-9-4-10-20-52)42-90-41-57(79)31-76(32-63(80)67(84)69(86)65(82)34-77)33-64(81)68(85)70(87)66(83)35-78/h4-28,57-70,77-87H,29-51H2,1-3H3,(H,74,88)(H,75,89)/t57?,58?,59?,60?,61?,62?,63-,64-,65+,66+,67+,68+,69+,70+/m0/s1. The maximum absolute atomic E-state index is 12.8. The molecule has 0 spiro atoms. The molecular formula is C73H107N3O25. The summed E-state index contributed by atoms with van der Waals surface area (Å²) in [5, 5.41) is 118. The van der Waals surface area contributed by atoms with Crippen molar-refractivity contribution in [3.63, 3.8) is 0 Å². The second-order valence-corrected chi connectivity index (χ2v) is 25.2.